The predicted octanol–water partition coefficient (Wildman–Crippen LogP) is 2.37. The van der Waals surface area contributed by atoms with Crippen LogP contribution in [0.15, 0.2) is 11.4 Å². The Morgan fingerprint density at radius 3 is 2.47 bits per heavy atom. The average molecular weight is 226 g/mol. The first-order valence-corrected chi connectivity index (χ1v) is 5.37. The molecule has 1 heterocycles. The topological polar surface area (TPSA) is 63.1 Å². The fourth-order valence-electron chi connectivity index (χ4n) is 0.979. The number of aromatic nitrogens is 2. The van der Waals surface area contributed by atoms with Gasteiger partial charge >= 0.3 is 5.97 Å². The van der Waals surface area contributed by atoms with Crippen LogP contribution in [0.1, 0.15) is 36.8 Å². The van der Waals surface area contributed by atoms with Gasteiger partial charge in [0, 0.05) is 10.9 Å². The highest BCUT2D eigenvalue weighted by atomic mass is 32.2. The van der Waals surface area contributed by atoms with E-state index in [1.807, 2.05) is 0 Å². The van der Waals surface area contributed by atoms with Crippen molar-refractivity contribution in [1.29, 1.82) is 0 Å². The molecule has 0 saturated heterocycles. The molecule has 0 aromatic carbocycles. The van der Waals surface area contributed by atoms with Crippen LogP contribution >= 0.6 is 11.8 Å². The smallest absolute Gasteiger partial charge is 0.339 e. The van der Waals surface area contributed by atoms with E-state index in [9.17, 15) is 4.79 Å². The lowest BCUT2D eigenvalue weighted by molar-refractivity contribution is 0.0695. The standard InChI is InChI=1S/C10H14N2O2S/c1-6-7(8(13)14)5-11-9(12-6)15-10(2,3)4/h5H,1-4H3,(H,13,14). The van der Waals surface area contributed by atoms with Crippen LogP contribution in [0.25, 0.3) is 0 Å². The van der Waals surface area contributed by atoms with E-state index in [4.69, 9.17) is 5.11 Å². The Hall–Kier alpha value is -1.10. The molecule has 1 rings (SSSR count). The van der Waals surface area contributed by atoms with Gasteiger partial charge in [-0.1, -0.05) is 32.5 Å². The van der Waals surface area contributed by atoms with Gasteiger partial charge < -0.3 is 5.11 Å². The minimum atomic E-state index is -0.986. The zero-order valence-corrected chi connectivity index (χ0v) is 10.1. The molecule has 4 nitrogen and oxygen atoms in total. The Morgan fingerprint density at radius 2 is 2.07 bits per heavy atom. The molecule has 15 heavy (non-hydrogen) atoms. The highest BCUT2D eigenvalue weighted by Crippen LogP contribution is 2.29. The fraction of sp³-hybridized carbons (Fsp3) is 0.500. The third kappa shape index (κ3) is 3.51. The van der Waals surface area contributed by atoms with E-state index in [0.29, 0.717) is 10.9 Å². The average Bonchev–Trinajstić information content (AvgIpc) is 1.99. The highest BCUT2D eigenvalue weighted by molar-refractivity contribution is 8.00. The molecule has 1 N–H and O–H groups in total. The molecular formula is C10H14N2O2S. The molecule has 0 aliphatic heterocycles. The van der Waals surface area contributed by atoms with Crippen LogP contribution in [-0.4, -0.2) is 25.8 Å². The minimum Gasteiger partial charge on any atom is -0.478 e. The normalized spacial score (nSPS) is 11.5. The lowest BCUT2D eigenvalue weighted by Crippen LogP contribution is -2.10. The monoisotopic (exact) mass is 226 g/mol. The molecule has 1 aromatic heterocycles. The van der Waals surface area contributed by atoms with Crippen LogP contribution < -0.4 is 0 Å². The second-order valence-electron chi connectivity index (χ2n) is 4.17. The maximum atomic E-state index is 10.7. The van der Waals surface area contributed by atoms with E-state index in [-0.39, 0.29) is 10.3 Å². The van der Waals surface area contributed by atoms with Crippen LogP contribution in [-0.2, 0) is 0 Å². The van der Waals surface area contributed by atoms with Crippen LogP contribution in [0, 0.1) is 6.92 Å². The molecule has 0 unspecified atom stereocenters. The van der Waals surface area contributed by atoms with E-state index in [2.05, 4.69) is 30.7 Å². The highest BCUT2D eigenvalue weighted by Gasteiger charge is 2.16. The van der Waals surface area contributed by atoms with E-state index in [1.165, 1.54) is 18.0 Å². The third-order valence-electron chi connectivity index (χ3n) is 1.59. The molecule has 0 aliphatic carbocycles. The molecule has 0 radical (unpaired) electrons. The maximum absolute atomic E-state index is 10.7. The Morgan fingerprint density at radius 1 is 1.47 bits per heavy atom. The lowest BCUT2D eigenvalue weighted by atomic mass is 10.2. The number of hydrogen-bond donors (Lipinski definition) is 1. The summed E-state index contributed by atoms with van der Waals surface area (Å²) in [6, 6.07) is 0. The van der Waals surface area contributed by atoms with Crippen molar-refractivity contribution < 1.29 is 9.90 Å². The quantitative estimate of drug-likeness (QED) is 0.619. The molecule has 0 saturated carbocycles. The van der Waals surface area contributed by atoms with Crippen LogP contribution in [0.2, 0.25) is 0 Å². The zero-order chi connectivity index (χ0) is 11.6. The zero-order valence-electron chi connectivity index (χ0n) is 9.24. The van der Waals surface area contributed by atoms with Crippen molar-refractivity contribution in [2.45, 2.75) is 37.6 Å². The Bertz CT molecular complexity index is 385. The van der Waals surface area contributed by atoms with Crippen LogP contribution in [0.5, 0.6) is 0 Å². The summed E-state index contributed by atoms with van der Waals surface area (Å²) >= 11 is 1.52. The molecule has 0 aliphatic rings. The SMILES string of the molecule is Cc1nc(SC(C)(C)C)ncc1C(=O)O. The number of thioether (sulfide) groups is 1. The lowest BCUT2D eigenvalue weighted by Gasteiger charge is -2.16. The summed E-state index contributed by atoms with van der Waals surface area (Å²) in [7, 11) is 0. The molecule has 0 fully saturated rings. The van der Waals surface area contributed by atoms with E-state index in [1.54, 1.807) is 6.92 Å². The first-order chi connectivity index (χ1) is 6.79. The van der Waals surface area contributed by atoms with Gasteiger partial charge in [-0.05, 0) is 6.92 Å². The number of carboxylic acids is 1. The molecule has 0 amide bonds. The summed E-state index contributed by atoms with van der Waals surface area (Å²) in [6.45, 7) is 7.85. The number of hydrogen-bond acceptors (Lipinski definition) is 4. The third-order valence-corrected chi connectivity index (χ3v) is 2.58. The van der Waals surface area contributed by atoms with E-state index in [0.717, 1.165) is 0 Å². The van der Waals surface area contributed by atoms with Crippen molar-refractivity contribution >= 4 is 17.7 Å². The summed E-state index contributed by atoms with van der Waals surface area (Å²) in [5.41, 5.74) is 0.664. The van der Waals surface area contributed by atoms with Crippen molar-refractivity contribution in [3.05, 3.63) is 17.5 Å². The van der Waals surface area contributed by atoms with Crippen molar-refractivity contribution in [2.24, 2.45) is 0 Å². The number of carboxylic acid groups (broad SMARTS) is 1. The summed E-state index contributed by atoms with van der Waals surface area (Å²) in [6.07, 6.45) is 1.36. The van der Waals surface area contributed by atoms with Crippen LogP contribution in [0.3, 0.4) is 0 Å². The number of carbonyl (C=O) groups is 1. The Balaban J connectivity index is 2.97. The minimum absolute atomic E-state index is 0.0250. The first-order valence-electron chi connectivity index (χ1n) is 4.55. The second kappa shape index (κ2) is 4.18. The van der Waals surface area contributed by atoms with Gasteiger partial charge in [0.15, 0.2) is 5.16 Å². The van der Waals surface area contributed by atoms with Crippen molar-refractivity contribution in [2.75, 3.05) is 0 Å². The summed E-state index contributed by atoms with van der Waals surface area (Å²) in [5, 5.41) is 9.42. The van der Waals surface area contributed by atoms with Gasteiger partial charge in [0.1, 0.15) is 0 Å². The van der Waals surface area contributed by atoms with E-state index >= 15 is 0 Å². The largest absolute Gasteiger partial charge is 0.478 e. The molecule has 0 bridgehead atoms. The Labute approximate surface area is 93.1 Å². The number of nitrogens with zero attached hydrogens (tertiary/aromatic N) is 2. The van der Waals surface area contributed by atoms with Crippen molar-refractivity contribution in [3.8, 4) is 0 Å². The molecular weight excluding hydrogens is 212 g/mol. The van der Waals surface area contributed by atoms with Crippen molar-refractivity contribution in [1.82, 2.24) is 9.97 Å². The summed E-state index contributed by atoms with van der Waals surface area (Å²) in [5.74, 6) is -0.986. The number of rotatable bonds is 2. The van der Waals surface area contributed by atoms with Gasteiger partial charge in [0.2, 0.25) is 0 Å². The van der Waals surface area contributed by atoms with Gasteiger partial charge in [-0.2, -0.15) is 0 Å². The Kier molecular flexibility index (Phi) is 3.34. The second-order valence-corrected chi connectivity index (χ2v) is 5.97. The summed E-state index contributed by atoms with van der Waals surface area (Å²) < 4.78 is 0.0250. The van der Waals surface area contributed by atoms with Gasteiger partial charge in [-0.3, -0.25) is 0 Å². The molecule has 0 atom stereocenters. The summed E-state index contributed by atoms with van der Waals surface area (Å²) in [4.78, 5) is 18.9. The number of aromatic carboxylic acids is 1. The predicted molar refractivity (Wildman–Crippen MR) is 59.3 cm³/mol. The van der Waals surface area contributed by atoms with Gasteiger partial charge in [0.25, 0.3) is 0 Å². The van der Waals surface area contributed by atoms with Crippen LogP contribution in [0.4, 0.5) is 0 Å². The molecule has 82 valence electrons. The molecule has 5 heteroatoms. The number of aryl methyl sites for hydroxylation is 1. The van der Waals surface area contributed by atoms with E-state index < -0.39 is 5.97 Å². The fourth-order valence-corrected chi connectivity index (χ4v) is 1.81. The maximum Gasteiger partial charge on any atom is 0.339 e. The van der Waals surface area contributed by atoms with Gasteiger partial charge in [0.05, 0.1) is 11.3 Å². The molecule has 0 spiro atoms. The van der Waals surface area contributed by atoms with Crippen molar-refractivity contribution in [3.63, 3.8) is 0 Å². The molecule has 1 aromatic rings. The van der Waals surface area contributed by atoms with Gasteiger partial charge in [-0.15, -0.1) is 0 Å². The first kappa shape index (κ1) is 12.0. The van der Waals surface area contributed by atoms with Gasteiger partial charge in [-0.25, -0.2) is 14.8 Å².